The smallest absolute Gasteiger partial charge is 0.338 e. The molecule has 45 heavy (non-hydrogen) atoms. The molecule has 0 unspecified atom stereocenters. The number of thiazole rings is 1. The third-order valence-corrected chi connectivity index (χ3v) is 9.86. The molecular formula is C34H35BrN4O5S. The highest BCUT2D eigenvalue weighted by atomic mass is 79.9. The molecule has 0 saturated carbocycles. The predicted octanol–water partition coefficient (Wildman–Crippen LogP) is 4.93. The van der Waals surface area contributed by atoms with Gasteiger partial charge >= 0.3 is 5.97 Å². The fraction of sp³-hybridized carbons (Fsp3) is 0.353. The molecule has 6 rings (SSSR count). The molecule has 11 heteroatoms. The second-order valence-electron chi connectivity index (χ2n) is 11.1. The normalized spacial score (nSPS) is 16.7. The number of esters is 1. The molecule has 2 aliphatic heterocycles. The van der Waals surface area contributed by atoms with Gasteiger partial charge in [-0.25, -0.2) is 9.79 Å². The van der Waals surface area contributed by atoms with E-state index in [0.29, 0.717) is 37.2 Å². The topological polar surface area (TPSA) is 95.1 Å². The maximum atomic E-state index is 14.3. The number of nitrogens with zero attached hydrogens (tertiary/aromatic N) is 4. The number of carbonyl (C=O) groups excluding carboxylic acids is 2. The first-order chi connectivity index (χ1) is 21.8. The van der Waals surface area contributed by atoms with Gasteiger partial charge in [0.05, 0.1) is 40.0 Å². The average molecular weight is 692 g/mol. The SMILES string of the molecule is CCCC1=C(C(=O)OCC)[C@H](c2ccc(OC)c(Br)c2)n2c(s/c(=C/c3cn(CC(=O)N4CCCC4)c4ccccc34)c2=O)=N1. The van der Waals surface area contributed by atoms with Crippen LogP contribution in [0.25, 0.3) is 17.0 Å². The highest BCUT2D eigenvalue weighted by molar-refractivity contribution is 9.10. The molecule has 9 nitrogen and oxygen atoms in total. The zero-order valence-electron chi connectivity index (χ0n) is 25.5. The van der Waals surface area contributed by atoms with E-state index in [-0.39, 0.29) is 24.6 Å². The molecule has 2 aromatic carbocycles. The van der Waals surface area contributed by atoms with E-state index < -0.39 is 12.0 Å². The molecule has 4 aromatic rings. The standard InChI is InChI=1S/C34H35BrN4O5S/c1-4-10-25-30(33(42)44-5-2)31(21-13-14-27(43-3)24(35)17-21)39-32(41)28(45-34(39)36-25)18-22-19-38(26-12-7-6-11-23(22)26)20-29(40)37-15-8-9-16-37/h6-7,11-14,17-19,31H,4-5,8-10,15-16,20H2,1-3H3/b28-18+/t31-/m0/s1. The van der Waals surface area contributed by atoms with Gasteiger partial charge in [0.2, 0.25) is 5.91 Å². The largest absolute Gasteiger partial charge is 0.496 e. The van der Waals surface area contributed by atoms with Gasteiger partial charge in [-0.15, -0.1) is 0 Å². The number of para-hydroxylation sites is 1. The number of benzene rings is 2. The van der Waals surface area contributed by atoms with E-state index in [0.717, 1.165) is 54.4 Å². The fourth-order valence-electron chi connectivity index (χ4n) is 6.16. The lowest BCUT2D eigenvalue weighted by molar-refractivity contribution is -0.139. The van der Waals surface area contributed by atoms with Gasteiger partial charge in [-0.05, 0) is 72.0 Å². The summed E-state index contributed by atoms with van der Waals surface area (Å²) in [6.07, 6.45) is 7.22. The number of hydrogen-bond acceptors (Lipinski definition) is 7. The predicted molar refractivity (Wildman–Crippen MR) is 178 cm³/mol. The molecule has 4 heterocycles. The molecule has 1 amide bonds. The van der Waals surface area contributed by atoms with Gasteiger partial charge in [0.25, 0.3) is 5.56 Å². The number of methoxy groups -OCH3 is 1. The number of likely N-dealkylation sites (tertiary alicyclic amines) is 1. The van der Waals surface area contributed by atoms with E-state index >= 15 is 0 Å². The molecule has 0 aliphatic carbocycles. The Morgan fingerprint density at radius 2 is 1.91 bits per heavy atom. The Morgan fingerprint density at radius 1 is 1.13 bits per heavy atom. The van der Waals surface area contributed by atoms with Crippen LogP contribution < -0.4 is 19.6 Å². The lowest BCUT2D eigenvalue weighted by Crippen LogP contribution is -2.40. The first-order valence-electron chi connectivity index (χ1n) is 15.3. The summed E-state index contributed by atoms with van der Waals surface area (Å²) in [7, 11) is 1.59. The van der Waals surface area contributed by atoms with Gasteiger partial charge < -0.3 is 18.9 Å². The minimum absolute atomic E-state index is 0.0970. The molecule has 0 spiro atoms. The van der Waals surface area contributed by atoms with Crippen LogP contribution in [0.5, 0.6) is 5.75 Å². The van der Waals surface area contributed by atoms with Crippen molar-refractivity contribution < 1.29 is 19.1 Å². The average Bonchev–Trinajstić information content (AvgIpc) is 3.76. The van der Waals surface area contributed by atoms with Crippen LogP contribution in [0, 0.1) is 0 Å². The van der Waals surface area contributed by atoms with Gasteiger partial charge in [0, 0.05) is 35.8 Å². The molecule has 234 valence electrons. The molecular weight excluding hydrogens is 656 g/mol. The number of hydrogen-bond donors (Lipinski definition) is 0. The first-order valence-corrected chi connectivity index (χ1v) is 16.9. The Kier molecular flexibility index (Phi) is 9.09. The van der Waals surface area contributed by atoms with Crippen LogP contribution >= 0.6 is 27.3 Å². The highest BCUT2D eigenvalue weighted by Crippen LogP contribution is 2.36. The Balaban J connectivity index is 1.52. The number of rotatable bonds is 9. The Morgan fingerprint density at radius 3 is 2.62 bits per heavy atom. The van der Waals surface area contributed by atoms with Gasteiger partial charge in [0.15, 0.2) is 4.80 Å². The van der Waals surface area contributed by atoms with E-state index in [2.05, 4.69) is 15.9 Å². The number of fused-ring (bicyclic) bond motifs is 2. The van der Waals surface area contributed by atoms with Gasteiger partial charge in [-0.2, -0.15) is 0 Å². The first kappa shape index (κ1) is 31.0. The van der Waals surface area contributed by atoms with Crippen molar-refractivity contribution in [2.45, 2.75) is 52.1 Å². The zero-order valence-corrected chi connectivity index (χ0v) is 27.9. The van der Waals surface area contributed by atoms with E-state index in [9.17, 15) is 14.4 Å². The van der Waals surface area contributed by atoms with Crippen molar-refractivity contribution in [2.75, 3.05) is 26.8 Å². The van der Waals surface area contributed by atoms with Crippen LogP contribution in [-0.4, -0.2) is 52.7 Å². The Hall–Kier alpha value is -3.96. The summed E-state index contributed by atoms with van der Waals surface area (Å²) in [4.78, 5) is 48.1. The summed E-state index contributed by atoms with van der Waals surface area (Å²) < 4.78 is 15.7. The van der Waals surface area contributed by atoms with Crippen LogP contribution in [0.4, 0.5) is 0 Å². The molecule has 1 saturated heterocycles. The molecule has 2 aliphatic rings. The zero-order chi connectivity index (χ0) is 31.7. The molecule has 0 bridgehead atoms. The van der Waals surface area contributed by atoms with Crippen LogP contribution in [0.1, 0.15) is 56.7 Å². The van der Waals surface area contributed by atoms with Crippen molar-refractivity contribution >= 4 is 56.1 Å². The Labute approximate surface area is 273 Å². The quantitative estimate of drug-likeness (QED) is 0.232. The van der Waals surface area contributed by atoms with Crippen LogP contribution in [-0.2, 0) is 20.9 Å². The molecule has 2 aromatic heterocycles. The monoisotopic (exact) mass is 690 g/mol. The third-order valence-electron chi connectivity index (χ3n) is 8.25. The maximum Gasteiger partial charge on any atom is 0.338 e. The molecule has 0 radical (unpaired) electrons. The summed E-state index contributed by atoms with van der Waals surface area (Å²) in [5, 5.41) is 0.951. The molecule has 1 fully saturated rings. The van der Waals surface area contributed by atoms with Crippen molar-refractivity contribution in [1.29, 1.82) is 0 Å². The maximum absolute atomic E-state index is 14.3. The van der Waals surface area contributed by atoms with Gasteiger partial charge in [0.1, 0.15) is 12.3 Å². The van der Waals surface area contributed by atoms with Crippen molar-refractivity contribution in [3.63, 3.8) is 0 Å². The van der Waals surface area contributed by atoms with Crippen LogP contribution in [0.2, 0.25) is 0 Å². The van der Waals surface area contributed by atoms with Crippen molar-refractivity contribution in [1.82, 2.24) is 14.0 Å². The number of amides is 1. The summed E-state index contributed by atoms with van der Waals surface area (Å²) in [5.74, 6) is 0.252. The van der Waals surface area contributed by atoms with Gasteiger partial charge in [-0.1, -0.05) is 48.9 Å². The summed E-state index contributed by atoms with van der Waals surface area (Å²) >= 11 is 4.88. The molecule has 1 atom stereocenters. The second kappa shape index (κ2) is 13.2. The number of allylic oxidation sites excluding steroid dienone is 1. The number of aromatic nitrogens is 2. The lowest BCUT2D eigenvalue weighted by atomic mass is 9.94. The summed E-state index contributed by atoms with van der Waals surface area (Å²) in [6, 6.07) is 12.7. The van der Waals surface area contributed by atoms with E-state index in [4.69, 9.17) is 14.5 Å². The van der Waals surface area contributed by atoms with Crippen LogP contribution in [0.15, 0.2) is 74.2 Å². The Bertz CT molecular complexity index is 2000. The van der Waals surface area contributed by atoms with Crippen molar-refractivity contribution in [3.05, 3.63) is 95.2 Å². The second-order valence-corrected chi connectivity index (χ2v) is 13.0. The highest BCUT2D eigenvalue weighted by Gasteiger charge is 2.34. The van der Waals surface area contributed by atoms with Crippen LogP contribution in [0.3, 0.4) is 0 Å². The number of carbonyl (C=O) groups is 2. The van der Waals surface area contributed by atoms with Crippen molar-refractivity contribution in [3.8, 4) is 5.75 Å². The minimum Gasteiger partial charge on any atom is -0.496 e. The number of ether oxygens (including phenoxy) is 2. The lowest BCUT2D eigenvalue weighted by Gasteiger charge is -2.26. The summed E-state index contributed by atoms with van der Waals surface area (Å²) in [5.41, 5.74) is 3.24. The summed E-state index contributed by atoms with van der Waals surface area (Å²) in [6.45, 7) is 5.84. The molecule has 0 N–H and O–H groups in total. The number of halogens is 1. The van der Waals surface area contributed by atoms with Gasteiger partial charge in [-0.3, -0.25) is 14.2 Å². The van der Waals surface area contributed by atoms with E-state index in [1.165, 1.54) is 11.3 Å². The van der Waals surface area contributed by atoms with Crippen molar-refractivity contribution in [2.24, 2.45) is 4.99 Å². The van der Waals surface area contributed by atoms with E-state index in [1.807, 2.05) is 71.1 Å². The minimum atomic E-state index is -0.731. The third kappa shape index (κ3) is 5.91. The van der Waals surface area contributed by atoms with E-state index in [1.54, 1.807) is 18.6 Å². The fourth-order valence-corrected chi connectivity index (χ4v) is 7.73.